The van der Waals surface area contributed by atoms with E-state index in [2.05, 4.69) is 10.4 Å². The molecule has 8 heteroatoms. The van der Waals surface area contributed by atoms with Gasteiger partial charge in [-0.2, -0.15) is 5.10 Å². The Balaban J connectivity index is 1.96. The van der Waals surface area contributed by atoms with Crippen molar-refractivity contribution < 1.29 is 18.7 Å². The Morgan fingerprint density at radius 2 is 1.96 bits per heavy atom. The van der Waals surface area contributed by atoms with Gasteiger partial charge in [0.15, 0.2) is 0 Å². The van der Waals surface area contributed by atoms with Gasteiger partial charge in [0.2, 0.25) is 0 Å². The molecule has 0 spiro atoms. The molecule has 0 heterocycles. The molecule has 2 rings (SSSR count). The Bertz CT molecular complexity index is 776. The number of carbonyl (C=O) groups excluding carboxylic acids is 2. The van der Waals surface area contributed by atoms with E-state index in [1.807, 2.05) is 5.43 Å². The van der Waals surface area contributed by atoms with Crippen LogP contribution in [0.4, 0.5) is 10.1 Å². The highest BCUT2D eigenvalue weighted by Gasteiger charge is 2.13. The number of hydrazone groups is 1. The molecule has 2 aromatic rings. The van der Waals surface area contributed by atoms with Gasteiger partial charge in [0.25, 0.3) is 0 Å². The molecule has 0 saturated carbocycles. The van der Waals surface area contributed by atoms with Crippen LogP contribution in [0.1, 0.15) is 5.56 Å². The van der Waals surface area contributed by atoms with E-state index < -0.39 is 17.6 Å². The zero-order valence-electron chi connectivity index (χ0n) is 12.5. The van der Waals surface area contributed by atoms with Crippen molar-refractivity contribution in [3.63, 3.8) is 0 Å². The van der Waals surface area contributed by atoms with Crippen molar-refractivity contribution in [1.82, 2.24) is 5.43 Å². The lowest BCUT2D eigenvalue weighted by molar-refractivity contribution is -0.136. The van der Waals surface area contributed by atoms with Gasteiger partial charge in [-0.05, 0) is 24.3 Å². The van der Waals surface area contributed by atoms with Crippen LogP contribution in [0.15, 0.2) is 47.6 Å². The first-order chi connectivity index (χ1) is 11.5. The van der Waals surface area contributed by atoms with Crippen molar-refractivity contribution in [1.29, 1.82) is 0 Å². The van der Waals surface area contributed by atoms with E-state index in [1.54, 1.807) is 24.3 Å². The van der Waals surface area contributed by atoms with Crippen LogP contribution in [0.2, 0.25) is 5.02 Å². The van der Waals surface area contributed by atoms with Gasteiger partial charge in [0.1, 0.15) is 11.6 Å². The van der Waals surface area contributed by atoms with E-state index in [-0.39, 0.29) is 10.6 Å². The standard InChI is InChI=1S/C16H13ClFN3O3/c1-24-11-5-2-4-10(8-11)20-15(22)16(23)21-19-9-12-13(17)6-3-7-14(12)18/h2-9H,1H3,(H,20,22)(H,21,23)/b19-9+. The molecule has 0 saturated heterocycles. The number of anilines is 1. The summed E-state index contributed by atoms with van der Waals surface area (Å²) in [5.41, 5.74) is 2.39. The van der Waals surface area contributed by atoms with Crippen molar-refractivity contribution >= 4 is 35.3 Å². The first kappa shape index (κ1) is 17.4. The molecule has 124 valence electrons. The predicted octanol–water partition coefficient (Wildman–Crippen LogP) is 2.58. The number of hydrogen-bond donors (Lipinski definition) is 2. The average molecular weight is 350 g/mol. The lowest BCUT2D eigenvalue weighted by atomic mass is 10.2. The van der Waals surface area contributed by atoms with E-state index in [1.165, 1.54) is 25.3 Å². The molecule has 0 fully saturated rings. The van der Waals surface area contributed by atoms with E-state index in [4.69, 9.17) is 16.3 Å². The largest absolute Gasteiger partial charge is 0.497 e. The summed E-state index contributed by atoms with van der Waals surface area (Å²) in [7, 11) is 1.48. The van der Waals surface area contributed by atoms with E-state index in [9.17, 15) is 14.0 Å². The highest BCUT2D eigenvalue weighted by atomic mass is 35.5. The molecular formula is C16H13ClFN3O3. The Morgan fingerprint density at radius 3 is 2.67 bits per heavy atom. The van der Waals surface area contributed by atoms with Crippen LogP contribution in [0, 0.1) is 5.82 Å². The fourth-order valence-electron chi connectivity index (χ4n) is 1.73. The first-order valence-corrected chi connectivity index (χ1v) is 7.11. The van der Waals surface area contributed by atoms with Crippen molar-refractivity contribution in [2.24, 2.45) is 5.10 Å². The minimum atomic E-state index is -1.01. The maximum absolute atomic E-state index is 13.5. The van der Waals surface area contributed by atoms with E-state index >= 15 is 0 Å². The van der Waals surface area contributed by atoms with Crippen LogP contribution in [0.25, 0.3) is 0 Å². The van der Waals surface area contributed by atoms with Crippen LogP contribution in [0.3, 0.4) is 0 Å². The fraction of sp³-hybridized carbons (Fsp3) is 0.0625. The Labute approximate surface area is 142 Å². The quantitative estimate of drug-likeness (QED) is 0.506. The minimum Gasteiger partial charge on any atom is -0.497 e. The Hall–Kier alpha value is -2.93. The Morgan fingerprint density at radius 1 is 1.21 bits per heavy atom. The van der Waals surface area contributed by atoms with Crippen LogP contribution >= 0.6 is 11.6 Å². The molecule has 2 amide bonds. The number of rotatable bonds is 4. The molecule has 0 aliphatic carbocycles. The minimum absolute atomic E-state index is 0.00710. The SMILES string of the molecule is COc1cccc(NC(=O)C(=O)N/N=C/c2c(F)cccc2Cl)c1. The van der Waals surface area contributed by atoms with Gasteiger partial charge in [-0.3, -0.25) is 9.59 Å². The monoisotopic (exact) mass is 349 g/mol. The van der Waals surface area contributed by atoms with Gasteiger partial charge >= 0.3 is 11.8 Å². The van der Waals surface area contributed by atoms with Crippen LogP contribution in [-0.2, 0) is 9.59 Å². The van der Waals surface area contributed by atoms with Crippen LogP contribution in [0.5, 0.6) is 5.75 Å². The molecule has 2 aromatic carbocycles. The molecule has 0 atom stereocenters. The number of halogens is 2. The third-order valence-electron chi connectivity index (χ3n) is 2.89. The maximum Gasteiger partial charge on any atom is 0.329 e. The number of ether oxygens (including phenoxy) is 1. The third-order valence-corrected chi connectivity index (χ3v) is 3.22. The molecule has 0 radical (unpaired) electrons. The number of hydrogen-bond acceptors (Lipinski definition) is 4. The summed E-state index contributed by atoms with van der Waals surface area (Å²) in [6.45, 7) is 0. The molecule has 0 aromatic heterocycles. The predicted molar refractivity (Wildman–Crippen MR) is 88.8 cm³/mol. The number of benzene rings is 2. The second-order valence-corrected chi connectivity index (χ2v) is 4.93. The van der Waals surface area contributed by atoms with Gasteiger partial charge in [-0.25, -0.2) is 9.82 Å². The molecule has 0 aliphatic rings. The lowest BCUT2D eigenvalue weighted by Crippen LogP contribution is -2.32. The van der Waals surface area contributed by atoms with Gasteiger partial charge in [0.05, 0.1) is 18.3 Å². The summed E-state index contributed by atoms with van der Waals surface area (Å²) >= 11 is 5.81. The van der Waals surface area contributed by atoms with Crippen LogP contribution in [-0.4, -0.2) is 25.1 Å². The first-order valence-electron chi connectivity index (χ1n) is 6.73. The van der Waals surface area contributed by atoms with Crippen molar-refractivity contribution in [3.05, 3.63) is 58.9 Å². The fourth-order valence-corrected chi connectivity index (χ4v) is 1.94. The Kier molecular flexibility index (Phi) is 5.86. The van der Waals surface area contributed by atoms with Gasteiger partial charge < -0.3 is 10.1 Å². The molecular weight excluding hydrogens is 337 g/mol. The summed E-state index contributed by atoms with van der Waals surface area (Å²) in [6.07, 6.45) is 1.02. The molecule has 0 bridgehead atoms. The summed E-state index contributed by atoms with van der Waals surface area (Å²) in [4.78, 5) is 23.4. The molecule has 0 aliphatic heterocycles. The normalized spacial score (nSPS) is 10.5. The van der Waals surface area contributed by atoms with Gasteiger partial charge in [-0.15, -0.1) is 0 Å². The van der Waals surface area contributed by atoms with E-state index in [0.29, 0.717) is 11.4 Å². The molecule has 24 heavy (non-hydrogen) atoms. The number of methoxy groups -OCH3 is 1. The zero-order chi connectivity index (χ0) is 17.5. The summed E-state index contributed by atoms with van der Waals surface area (Å²) in [6, 6.07) is 10.6. The average Bonchev–Trinajstić information content (AvgIpc) is 2.57. The van der Waals surface area contributed by atoms with Gasteiger partial charge in [-0.1, -0.05) is 23.7 Å². The zero-order valence-corrected chi connectivity index (χ0v) is 13.3. The van der Waals surface area contributed by atoms with Crippen molar-refractivity contribution in [2.45, 2.75) is 0 Å². The summed E-state index contributed by atoms with van der Waals surface area (Å²) < 4.78 is 18.5. The van der Waals surface area contributed by atoms with Crippen molar-refractivity contribution in [3.8, 4) is 5.75 Å². The lowest BCUT2D eigenvalue weighted by Gasteiger charge is -2.06. The number of amides is 2. The summed E-state index contributed by atoms with van der Waals surface area (Å²) in [5.74, 6) is -2.01. The number of carbonyl (C=O) groups is 2. The number of nitrogens with one attached hydrogen (secondary N) is 2. The second kappa shape index (κ2) is 8.07. The van der Waals surface area contributed by atoms with E-state index in [0.717, 1.165) is 6.21 Å². The highest BCUT2D eigenvalue weighted by molar-refractivity contribution is 6.39. The molecule has 2 N–H and O–H groups in total. The third kappa shape index (κ3) is 4.53. The molecule has 0 unspecified atom stereocenters. The maximum atomic E-state index is 13.5. The second-order valence-electron chi connectivity index (χ2n) is 4.52. The van der Waals surface area contributed by atoms with Gasteiger partial charge in [0, 0.05) is 17.3 Å². The topological polar surface area (TPSA) is 79.8 Å². The summed E-state index contributed by atoms with van der Waals surface area (Å²) in [5, 5.41) is 6.04. The van der Waals surface area contributed by atoms with Crippen molar-refractivity contribution in [2.75, 3.05) is 12.4 Å². The van der Waals surface area contributed by atoms with Crippen LogP contribution < -0.4 is 15.5 Å². The number of nitrogens with zero attached hydrogens (tertiary/aromatic N) is 1. The molecule has 6 nitrogen and oxygen atoms in total. The highest BCUT2D eigenvalue weighted by Crippen LogP contribution is 2.17. The smallest absolute Gasteiger partial charge is 0.329 e.